The van der Waals surface area contributed by atoms with E-state index in [0.29, 0.717) is 0 Å². The molecule has 0 unspecified atom stereocenters. The van der Waals surface area contributed by atoms with Gasteiger partial charge < -0.3 is 4.74 Å². The van der Waals surface area contributed by atoms with Gasteiger partial charge in [0.05, 0.1) is 7.11 Å². The first-order valence-electron chi connectivity index (χ1n) is 4.87. The average Bonchev–Trinajstić information content (AvgIpc) is 2.30. The van der Waals surface area contributed by atoms with Gasteiger partial charge in [-0.1, -0.05) is 24.3 Å². The summed E-state index contributed by atoms with van der Waals surface area (Å²) >= 11 is 0. The molecule has 1 aromatic heterocycles. The Labute approximate surface area is 89.6 Å². The topological polar surface area (TPSA) is 22.1 Å². The molecule has 0 N–H and O–H groups in total. The van der Waals surface area contributed by atoms with Crippen LogP contribution in [-0.4, -0.2) is 12.1 Å². The summed E-state index contributed by atoms with van der Waals surface area (Å²) in [5.41, 5.74) is 3.43. The van der Waals surface area contributed by atoms with Gasteiger partial charge in [0.1, 0.15) is 5.75 Å². The van der Waals surface area contributed by atoms with Crippen LogP contribution in [0.2, 0.25) is 0 Å². The van der Waals surface area contributed by atoms with Gasteiger partial charge in [0.2, 0.25) is 0 Å². The SMILES string of the molecule is COc1ccncc1-c1ccccc1C. The molecular formula is C13H13NO. The van der Waals surface area contributed by atoms with E-state index in [-0.39, 0.29) is 0 Å². The number of hydrogen-bond donors (Lipinski definition) is 0. The summed E-state index contributed by atoms with van der Waals surface area (Å²) in [5, 5.41) is 0. The zero-order valence-corrected chi connectivity index (χ0v) is 8.90. The monoisotopic (exact) mass is 199 g/mol. The number of methoxy groups -OCH3 is 1. The number of benzene rings is 1. The van der Waals surface area contributed by atoms with E-state index in [4.69, 9.17) is 4.74 Å². The molecule has 15 heavy (non-hydrogen) atoms. The molecule has 2 heteroatoms. The highest BCUT2D eigenvalue weighted by Gasteiger charge is 2.06. The smallest absolute Gasteiger partial charge is 0.129 e. The van der Waals surface area contributed by atoms with Crippen molar-refractivity contribution < 1.29 is 4.74 Å². The van der Waals surface area contributed by atoms with Crippen molar-refractivity contribution in [3.8, 4) is 16.9 Å². The molecule has 2 aromatic rings. The lowest BCUT2D eigenvalue weighted by Gasteiger charge is -2.09. The van der Waals surface area contributed by atoms with Gasteiger partial charge in [-0.2, -0.15) is 0 Å². The quantitative estimate of drug-likeness (QED) is 0.741. The maximum Gasteiger partial charge on any atom is 0.129 e. The lowest BCUT2D eigenvalue weighted by atomic mass is 10.0. The van der Waals surface area contributed by atoms with E-state index in [9.17, 15) is 0 Å². The second-order valence-electron chi connectivity index (χ2n) is 3.39. The molecule has 0 atom stereocenters. The second-order valence-corrected chi connectivity index (χ2v) is 3.39. The van der Waals surface area contributed by atoms with Gasteiger partial charge in [-0.3, -0.25) is 4.98 Å². The molecule has 0 aliphatic heterocycles. The molecule has 0 aliphatic carbocycles. The summed E-state index contributed by atoms with van der Waals surface area (Å²) in [7, 11) is 1.68. The van der Waals surface area contributed by atoms with Crippen LogP contribution in [0.5, 0.6) is 5.75 Å². The normalized spacial score (nSPS) is 10.0. The van der Waals surface area contributed by atoms with Gasteiger partial charge in [0, 0.05) is 18.0 Å². The third-order valence-corrected chi connectivity index (χ3v) is 2.44. The van der Waals surface area contributed by atoms with Crippen molar-refractivity contribution in [2.75, 3.05) is 7.11 Å². The van der Waals surface area contributed by atoms with Gasteiger partial charge in [0.15, 0.2) is 0 Å². The fourth-order valence-corrected chi connectivity index (χ4v) is 1.64. The van der Waals surface area contributed by atoms with E-state index in [1.54, 1.807) is 13.3 Å². The molecule has 0 radical (unpaired) electrons. The van der Waals surface area contributed by atoms with Crippen LogP contribution in [0.4, 0.5) is 0 Å². The van der Waals surface area contributed by atoms with E-state index >= 15 is 0 Å². The van der Waals surface area contributed by atoms with E-state index in [2.05, 4.69) is 24.0 Å². The summed E-state index contributed by atoms with van der Waals surface area (Å²) in [4.78, 5) is 4.13. The van der Waals surface area contributed by atoms with Crippen molar-refractivity contribution in [3.63, 3.8) is 0 Å². The predicted octanol–water partition coefficient (Wildman–Crippen LogP) is 3.07. The zero-order valence-electron chi connectivity index (χ0n) is 8.90. The summed E-state index contributed by atoms with van der Waals surface area (Å²) < 4.78 is 5.31. The fraction of sp³-hybridized carbons (Fsp3) is 0.154. The molecule has 76 valence electrons. The molecule has 0 saturated heterocycles. The molecule has 0 amide bonds. The van der Waals surface area contributed by atoms with Crippen molar-refractivity contribution in [2.24, 2.45) is 0 Å². The van der Waals surface area contributed by atoms with Crippen molar-refractivity contribution in [1.82, 2.24) is 4.98 Å². The van der Waals surface area contributed by atoms with Gasteiger partial charge in [0.25, 0.3) is 0 Å². The molecule has 0 fully saturated rings. The number of ether oxygens (including phenoxy) is 1. The van der Waals surface area contributed by atoms with E-state index in [0.717, 1.165) is 11.3 Å². The average molecular weight is 199 g/mol. The van der Waals surface area contributed by atoms with Gasteiger partial charge in [-0.15, -0.1) is 0 Å². The molecule has 1 aromatic carbocycles. The number of nitrogens with zero attached hydrogens (tertiary/aromatic N) is 1. The van der Waals surface area contributed by atoms with Crippen molar-refractivity contribution in [2.45, 2.75) is 6.92 Å². The molecule has 0 spiro atoms. The molecule has 2 rings (SSSR count). The van der Waals surface area contributed by atoms with Gasteiger partial charge in [-0.25, -0.2) is 0 Å². The molecule has 0 bridgehead atoms. The highest BCUT2D eigenvalue weighted by atomic mass is 16.5. The minimum atomic E-state index is 0.860. The maximum absolute atomic E-state index is 5.31. The first-order chi connectivity index (χ1) is 7.33. The Morgan fingerprint density at radius 1 is 1.07 bits per heavy atom. The van der Waals surface area contributed by atoms with Crippen LogP contribution in [0, 0.1) is 6.92 Å². The number of aryl methyl sites for hydroxylation is 1. The summed E-state index contributed by atoms with van der Waals surface area (Å²) in [6.45, 7) is 2.09. The second kappa shape index (κ2) is 4.13. The van der Waals surface area contributed by atoms with Crippen molar-refractivity contribution >= 4 is 0 Å². The molecule has 2 nitrogen and oxygen atoms in total. The highest BCUT2D eigenvalue weighted by Crippen LogP contribution is 2.30. The van der Waals surface area contributed by atoms with Gasteiger partial charge in [-0.05, 0) is 24.1 Å². The Morgan fingerprint density at radius 3 is 2.60 bits per heavy atom. The Bertz CT molecular complexity index is 466. The third kappa shape index (κ3) is 1.84. The molecule has 1 heterocycles. The van der Waals surface area contributed by atoms with Gasteiger partial charge >= 0.3 is 0 Å². The first kappa shape index (κ1) is 9.71. The number of pyridine rings is 1. The van der Waals surface area contributed by atoms with Crippen LogP contribution >= 0.6 is 0 Å². The van der Waals surface area contributed by atoms with Crippen LogP contribution in [-0.2, 0) is 0 Å². The minimum absolute atomic E-state index is 0.860. The molecule has 0 saturated carbocycles. The standard InChI is InChI=1S/C13H13NO/c1-10-5-3-4-6-11(10)12-9-14-8-7-13(12)15-2/h3-9H,1-2H3. The Balaban J connectivity index is 2.59. The van der Waals surface area contributed by atoms with Crippen LogP contribution in [0.15, 0.2) is 42.7 Å². The number of hydrogen-bond acceptors (Lipinski definition) is 2. The Kier molecular flexibility index (Phi) is 2.68. The fourth-order valence-electron chi connectivity index (χ4n) is 1.64. The summed E-state index contributed by atoms with van der Waals surface area (Å²) in [6.07, 6.45) is 3.57. The van der Waals surface area contributed by atoms with E-state index in [1.807, 2.05) is 24.4 Å². The minimum Gasteiger partial charge on any atom is -0.496 e. The van der Waals surface area contributed by atoms with E-state index < -0.39 is 0 Å². The van der Waals surface area contributed by atoms with Crippen LogP contribution < -0.4 is 4.74 Å². The Morgan fingerprint density at radius 2 is 1.87 bits per heavy atom. The largest absolute Gasteiger partial charge is 0.496 e. The molecular weight excluding hydrogens is 186 g/mol. The summed E-state index contributed by atoms with van der Waals surface area (Å²) in [6, 6.07) is 10.1. The molecule has 0 aliphatic rings. The lowest BCUT2D eigenvalue weighted by Crippen LogP contribution is -1.90. The van der Waals surface area contributed by atoms with Crippen molar-refractivity contribution in [3.05, 3.63) is 48.3 Å². The lowest BCUT2D eigenvalue weighted by molar-refractivity contribution is 0.416. The summed E-state index contributed by atoms with van der Waals surface area (Å²) in [5.74, 6) is 0.860. The Hall–Kier alpha value is -1.83. The van der Waals surface area contributed by atoms with Crippen LogP contribution in [0.25, 0.3) is 11.1 Å². The van der Waals surface area contributed by atoms with Crippen LogP contribution in [0.3, 0.4) is 0 Å². The van der Waals surface area contributed by atoms with Crippen molar-refractivity contribution in [1.29, 1.82) is 0 Å². The van der Waals surface area contributed by atoms with E-state index in [1.165, 1.54) is 11.1 Å². The number of rotatable bonds is 2. The predicted molar refractivity (Wildman–Crippen MR) is 61.0 cm³/mol. The highest BCUT2D eigenvalue weighted by molar-refractivity contribution is 5.72. The number of aromatic nitrogens is 1. The third-order valence-electron chi connectivity index (χ3n) is 2.44. The first-order valence-corrected chi connectivity index (χ1v) is 4.87. The van der Waals surface area contributed by atoms with Crippen LogP contribution in [0.1, 0.15) is 5.56 Å². The zero-order chi connectivity index (χ0) is 10.7. The maximum atomic E-state index is 5.31.